The van der Waals surface area contributed by atoms with Crippen LogP contribution in [0.25, 0.3) is 0 Å². The second-order valence-electron chi connectivity index (χ2n) is 4.00. The summed E-state index contributed by atoms with van der Waals surface area (Å²) in [4.78, 5) is 6.53. The number of nitrogens with one attached hydrogen (secondary N) is 1. The zero-order valence-electron chi connectivity index (χ0n) is 10.4. The molecule has 4 heteroatoms. The van der Waals surface area contributed by atoms with Crippen molar-refractivity contribution in [2.75, 3.05) is 34.3 Å². The summed E-state index contributed by atoms with van der Waals surface area (Å²) in [5.74, 6) is 0.714. The van der Waals surface area contributed by atoms with Gasteiger partial charge in [-0.25, -0.2) is 4.98 Å². The summed E-state index contributed by atoms with van der Waals surface area (Å²) >= 11 is 0. The summed E-state index contributed by atoms with van der Waals surface area (Å²) in [7, 11) is 6.03. The van der Waals surface area contributed by atoms with Gasteiger partial charge in [0.1, 0.15) is 0 Å². The van der Waals surface area contributed by atoms with Gasteiger partial charge in [0.25, 0.3) is 0 Å². The summed E-state index contributed by atoms with van der Waals surface area (Å²) in [6, 6.07) is 5.86. The van der Waals surface area contributed by atoms with Crippen molar-refractivity contribution in [3.8, 4) is 5.88 Å². The lowest BCUT2D eigenvalue weighted by Crippen LogP contribution is -2.16. The first-order valence-electron chi connectivity index (χ1n) is 5.60. The Hall–Kier alpha value is -1.13. The van der Waals surface area contributed by atoms with Gasteiger partial charge in [-0.05, 0) is 33.6 Å². The van der Waals surface area contributed by atoms with Gasteiger partial charge < -0.3 is 15.0 Å². The lowest BCUT2D eigenvalue weighted by molar-refractivity contribution is 0.272. The van der Waals surface area contributed by atoms with Gasteiger partial charge in [0.15, 0.2) is 0 Å². The van der Waals surface area contributed by atoms with Crippen LogP contribution in [0.3, 0.4) is 0 Å². The first kappa shape index (κ1) is 12.9. The molecule has 0 aliphatic carbocycles. The Kier molecular flexibility index (Phi) is 5.82. The second-order valence-corrected chi connectivity index (χ2v) is 4.00. The van der Waals surface area contributed by atoms with E-state index in [9.17, 15) is 0 Å². The van der Waals surface area contributed by atoms with Crippen LogP contribution >= 0.6 is 0 Å². The Labute approximate surface area is 97.6 Å². The predicted octanol–water partition coefficient (Wildman–Crippen LogP) is 1.13. The number of hydrogen-bond donors (Lipinski definition) is 1. The minimum Gasteiger partial charge on any atom is -0.478 e. The van der Waals surface area contributed by atoms with Crippen LogP contribution in [0.5, 0.6) is 5.88 Å². The van der Waals surface area contributed by atoms with Gasteiger partial charge in [-0.15, -0.1) is 0 Å². The number of hydrogen-bond acceptors (Lipinski definition) is 4. The molecular formula is C12H21N3O. The van der Waals surface area contributed by atoms with Gasteiger partial charge in [-0.3, -0.25) is 0 Å². The van der Waals surface area contributed by atoms with Crippen molar-refractivity contribution in [1.82, 2.24) is 15.2 Å². The predicted molar refractivity (Wildman–Crippen MR) is 65.7 cm³/mol. The molecule has 0 aromatic carbocycles. The molecule has 1 N–H and O–H groups in total. The van der Waals surface area contributed by atoms with Gasteiger partial charge in [0, 0.05) is 19.2 Å². The fraction of sp³-hybridized carbons (Fsp3) is 0.583. The number of rotatable bonds is 7. The maximum absolute atomic E-state index is 5.58. The standard InChI is InChI=1S/C12H21N3O/c1-13-10-11-6-4-7-12(14-11)16-9-5-8-15(2)3/h4,6-7,13H,5,8-10H2,1-3H3. The molecule has 0 bridgehead atoms. The Bertz CT molecular complexity index is 302. The summed E-state index contributed by atoms with van der Waals surface area (Å²) in [5.41, 5.74) is 1.01. The van der Waals surface area contributed by atoms with E-state index < -0.39 is 0 Å². The Balaban J connectivity index is 2.33. The largest absolute Gasteiger partial charge is 0.478 e. The molecule has 0 saturated heterocycles. The zero-order valence-corrected chi connectivity index (χ0v) is 10.4. The van der Waals surface area contributed by atoms with Crippen LogP contribution < -0.4 is 10.1 Å². The van der Waals surface area contributed by atoms with E-state index in [1.165, 1.54) is 0 Å². The minimum atomic E-state index is 0.714. The molecule has 0 atom stereocenters. The van der Waals surface area contributed by atoms with Crippen molar-refractivity contribution >= 4 is 0 Å². The van der Waals surface area contributed by atoms with Gasteiger partial charge in [-0.2, -0.15) is 0 Å². The lowest BCUT2D eigenvalue weighted by Gasteiger charge is -2.10. The van der Waals surface area contributed by atoms with Crippen molar-refractivity contribution in [3.05, 3.63) is 23.9 Å². The molecule has 0 unspecified atom stereocenters. The molecule has 1 aromatic heterocycles. The number of nitrogens with zero attached hydrogens (tertiary/aromatic N) is 2. The molecule has 0 spiro atoms. The van der Waals surface area contributed by atoms with Crippen LogP contribution in [0.15, 0.2) is 18.2 Å². The van der Waals surface area contributed by atoms with Gasteiger partial charge >= 0.3 is 0 Å². The van der Waals surface area contributed by atoms with Gasteiger partial charge in [0.2, 0.25) is 5.88 Å². The molecule has 0 amide bonds. The van der Waals surface area contributed by atoms with Gasteiger partial charge in [-0.1, -0.05) is 6.07 Å². The molecule has 1 rings (SSSR count). The zero-order chi connectivity index (χ0) is 11.8. The quantitative estimate of drug-likeness (QED) is 0.703. The third-order valence-electron chi connectivity index (χ3n) is 2.14. The van der Waals surface area contributed by atoms with Crippen LogP contribution in [-0.4, -0.2) is 44.2 Å². The molecule has 1 heterocycles. The van der Waals surface area contributed by atoms with Crippen molar-refractivity contribution in [3.63, 3.8) is 0 Å². The van der Waals surface area contributed by atoms with E-state index in [0.717, 1.165) is 25.2 Å². The molecule has 0 saturated carbocycles. The summed E-state index contributed by atoms with van der Waals surface area (Å²) in [5, 5.41) is 3.07. The van der Waals surface area contributed by atoms with Crippen LogP contribution in [0.4, 0.5) is 0 Å². The van der Waals surface area contributed by atoms with Crippen LogP contribution in [0.2, 0.25) is 0 Å². The minimum absolute atomic E-state index is 0.714. The Morgan fingerprint density at radius 2 is 2.19 bits per heavy atom. The fourth-order valence-corrected chi connectivity index (χ4v) is 1.38. The lowest BCUT2D eigenvalue weighted by atomic mass is 10.3. The highest BCUT2D eigenvalue weighted by Gasteiger charge is 1.98. The van der Waals surface area contributed by atoms with E-state index in [2.05, 4.69) is 29.3 Å². The molecule has 4 nitrogen and oxygen atoms in total. The van der Waals surface area contributed by atoms with Crippen LogP contribution in [-0.2, 0) is 6.54 Å². The van der Waals surface area contributed by atoms with E-state index in [1.54, 1.807) is 0 Å². The average molecular weight is 223 g/mol. The van der Waals surface area contributed by atoms with Crippen molar-refractivity contribution in [1.29, 1.82) is 0 Å². The molecular weight excluding hydrogens is 202 g/mol. The topological polar surface area (TPSA) is 37.4 Å². The molecule has 90 valence electrons. The number of aromatic nitrogens is 1. The average Bonchev–Trinajstić information content (AvgIpc) is 2.25. The van der Waals surface area contributed by atoms with E-state index in [0.29, 0.717) is 12.5 Å². The van der Waals surface area contributed by atoms with E-state index in [-0.39, 0.29) is 0 Å². The summed E-state index contributed by atoms with van der Waals surface area (Å²) in [6.07, 6.45) is 1.02. The molecule has 0 aliphatic rings. The normalized spacial score (nSPS) is 10.8. The Morgan fingerprint density at radius 1 is 1.38 bits per heavy atom. The second kappa shape index (κ2) is 7.19. The monoisotopic (exact) mass is 223 g/mol. The Morgan fingerprint density at radius 3 is 2.88 bits per heavy atom. The first-order chi connectivity index (χ1) is 7.72. The van der Waals surface area contributed by atoms with Crippen molar-refractivity contribution in [2.45, 2.75) is 13.0 Å². The SMILES string of the molecule is CNCc1cccc(OCCCN(C)C)n1. The molecule has 1 aromatic rings. The highest BCUT2D eigenvalue weighted by Crippen LogP contribution is 2.07. The number of pyridine rings is 1. The van der Waals surface area contributed by atoms with Crippen LogP contribution in [0.1, 0.15) is 12.1 Å². The number of ether oxygens (including phenoxy) is 1. The van der Waals surface area contributed by atoms with Crippen LogP contribution in [0, 0.1) is 0 Å². The third kappa shape index (κ3) is 5.09. The molecule has 16 heavy (non-hydrogen) atoms. The highest BCUT2D eigenvalue weighted by atomic mass is 16.5. The smallest absolute Gasteiger partial charge is 0.213 e. The van der Waals surface area contributed by atoms with Crippen molar-refractivity contribution < 1.29 is 4.74 Å². The third-order valence-corrected chi connectivity index (χ3v) is 2.14. The van der Waals surface area contributed by atoms with E-state index in [1.807, 2.05) is 25.2 Å². The highest BCUT2D eigenvalue weighted by molar-refractivity contribution is 5.15. The molecule has 0 aliphatic heterocycles. The maximum atomic E-state index is 5.58. The molecule has 0 fully saturated rings. The fourth-order valence-electron chi connectivity index (χ4n) is 1.38. The summed E-state index contributed by atoms with van der Waals surface area (Å²) in [6.45, 7) is 2.53. The van der Waals surface area contributed by atoms with Crippen molar-refractivity contribution in [2.24, 2.45) is 0 Å². The maximum Gasteiger partial charge on any atom is 0.213 e. The van der Waals surface area contributed by atoms with E-state index in [4.69, 9.17) is 4.74 Å². The van der Waals surface area contributed by atoms with Gasteiger partial charge in [0.05, 0.1) is 12.3 Å². The van der Waals surface area contributed by atoms with E-state index >= 15 is 0 Å². The summed E-state index contributed by atoms with van der Waals surface area (Å²) < 4.78 is 5.58. The first-order valence-corrected chi connectivity index (χ1v) is 5.60. The molecule has 0 radical (unpaired) electrons.